The van der Waals surface area contributed by atoms with Crippen molar-refractivity contribution in [3.05, 3.63) is 28.4 Å². The average Bonchev–Trinajstić information content (AvgIpc) is 2.65. The van der Waals surface area contributed by atoms with Gasteiger partial charge in [-0.15, -0.1) is 0 Å². The topological polar surface area (TPSA) is 55.1 Å². The third-order valence-electron chi connectivity index (χ3n) is 2.44. The zero-order valence-corrected chi connectivity index (χ0v) is 10.4. The molecule has 0 saturated heterocycles. The number of fused-ring (bicyclic) bond motifs is 1. The molecular formula is C11H11BrN2O2. The molecule has 0 radical (unpaired) electrons. The number of carboxylic acids is 1. The van der Waals surface area contributed by atoms with Crippen molar-refractivity contribution in [2.24, 2.45) is 0 Å². The molecule has 1 aromatic heterocycles. The quantitative estimate of drug-likeness (QED) is 0.941. The highest BCUT2D eigenvalue weighted by molar-refractivity contribution is 9.10. The highest BCUT2D eigenvalue weighted by atomic mass is 79.9. The molecule has 1 heterocycles. The minimum Gasteiger partial charge on any atom is -0.481 e. The Morgan fingerprint density at radius 1 is 1.56 bits per heavy atom. The van der Waals surface area contributed by atoms with E-state index in [0.29, 0.717) is 0 Å². The highest BCUT2D eigenvalue weighted by Crippen LogP contribution is 2.26. The molecule has 1 N–H and O–H groups in total. The summed E-state index contributed by atoms with van der Waals surface area (Å²) in [7, 11) is 0. The molecule has 0 saturated carbocycles. The second-order valence-electron chi connectivity index (χ2n) is 3.51. The second-order valence-corrected chi connectivity index (χ2v) is 4.37. The number of carboxylic acid groups (broad SMARTS) is 1. The molecule has 5 heteroatoms. The van der Waals surface area contributed by atoms with E-state index in [1.165, 1.54) is 0 Å². The van der Waals surface area contributed by atoms with Gasteiger partial charge in [0.1, 0.15) is 0 Å². The fourth-order valence-corrected chi connectivity index (χ4v) is 2.15. The number of benzene rings is 1. The van der Waals surface area contributed by atoms with Gasteiger partial charge in [-0.3, -0.25) is 9.48 Å². The van der Waals surface area contributed by atoms with Gasteiger partial charge in [-0.1, -0.05) is 15.9 Å². The SMILES string of the molecule is CCn1cc2c(CC(=O)O)c(Br)ccc2n1. The van der Waals surface area contributed by atoms with Crippen molar-refractivity contribution >= 4 is 32.8 Å². The van der Waals surface area contributed by atoms with Gasteiger partial charge in [-0.05, 0) is 24.6 Å². The molecule has 1 aromatic carbocycles. The maximum Gasteiger partial charge on any atom is 0.307 e. The number of carbonyl (C=O) groups is 1. The predicted molar refractivity (Wildman–Crippen MR) is 64.4 cm³/mol. The van der Waals surface area contributed by atoms with Crippen LogP contribution in [-0.2, 0) is 17.8 Å². The first-order valence-electron chi connectivity index (χ1n) is 4.98. The van der Waals surface area contributed by atoms with Crippen LogP contribution >= 0.6 is 15.9 Å². The lowest BCUT2D eigenvalue weighted by atomic mass is 10.1. The molecule has 0 spiro atoms. The van der Waals surface area contributed by atoms with Crippen molar-refractivity contribution in [1.29, 1.82) is 0 Å². The van der Waals surface area contributed by atoms with Crippen LogP contribution in [-0.4, -0.2) is 20.9 Å². The molecule has 0 atom stereocenters. The summed E-state index contributed by atoms with van der Waals surface area (Å²) in [6.45, 7) is 2.77. The zero-order valence-electron chi connectivity index (χ0n) is 8.77. The van der Waals surface area contributed by atoms with Gasteiger partial charge < -0.3 is 5.11 Å². The Hall–Kier alpha value is -1.36. The molecule has 0 fully saturated rings. The normalized spacial score (nSPS) is 10.9. The Balaban J connectivity index is 2.63. The van der Waals surface area contributed by atoms with Crippen LogP contribution in [0.2, 0.25) is 0 Å². The van der Waals surface area contributed by atoms with E-state index in [9.17, 15) is 4.79 Å². The van der Waals surface area contributed by atoms with Crippen molar-refractivity contribution in [2.45, 2.75) is 19.9 Å². The number of rotatable bonds is 3. The standard InChI is InChI=1S/C11H11BrN2O2/c1-2-14-6-8-7(5-11(15)16)9(12)3-4-10(8)13-14/h3-4,6H,2,5H2,1H3,(H,15,16). The van der Waals surface area contributed by atoms with E-state index < -0.39 is 5.97 Å². The van der Waals surface area contributed by atoms with Gasteiger partial charge in [0.15, 0.2) is 0 Å². The van der Waals surface area contributed by atoms with E-state index in [2.05, 4.69) is 21.0 Å². The lowest BCUT2D eigenvalue weighted by molar-refractivity contribution is -0.136. The molecule has 84 valence electrons. The Labute approximate surface area is 101 Å². The van der Waals surface area contributed by atoms with E-state index >= 15 is 0 Å². The second kappa shape index (κ2) is 4.25. The van der Waals surface area contributed by atoms with E-state index in [1.807, 2.05) is 29.9 Å². The van der Waals surface area contributed by atoms with Crippen molar-refractivity contribution in [3.63, 3.8) is 0 Å². The number of halogens is 1. The molecule has 0 aliphatic rings. The van der Waals surface area contributed by atoms with Crippen molar-refractivity contribution in [2.75, 3.05) is 0 Å². The van der Waals surface area contributed by atoms with Crippen molar-refractivity contribution in [3.8, 4) is 0 Å². The predicted octanol–water partition coefficient (Wildman–Crippen LogP) is 2.45. The summed E-state index contributed by atoms with van der Waals surface area (Å²) in [5, 5.41) is 14.1. The van der Waals surface area contributed by atoms with E-state index in [-0.39, 0.29) is 6.42 Å². The van der Waals surface area contributed by atoms with Gasteiger partial charge in [0.05, 0.1) is 11.9 Å². The Morgan fingerprint density at radius 2 is 2.31 bits per heavy atom. The first kappa shape index (κ1) is 11.1. The van der Waals surface area contributed by atoms with E-state index in [0.717, 1.165) is 27.5 Å². The molecule has 16 heavy (non-hydrogen) atoms. The monoisotopic (exact) mass is 282 g/mol. The molecule has 0 aliphatic heterocycles. The summed E-state index contributed by atoms with van der Waals surface area (Å²) in [5.74, 6) is -0.836. The summed E-state index contributed by atoms with van der Waals surface area (Å²) in [5.41, 5.74) is 1.62. The maximum atomic E-state index is 10.8. The summed E-state index contributed by atoms with van der Waals surface area (Å²) >= 11 is 3.38. The molecule has 4 nitrogen and oxygen atoms in total. The van der Waals surface area contributed by atoms with Crippen LogP contribution in [0, 0.1) is 0 Å². The Bertz CT molecular complexity index is 548. The molecule has 2 aromatic rings. The van der Waals surface area contributed by atoms with E-state index in [1.54, 1.807) is 0 Å². The van der Waals surface area contributed by atoms with Crippen LogP contribution in [0.1, 0.15) is 12.5 Å². The summed E-state index contributed by atoms with van der Waals surface area (Å²) in [4.78, 5) is 10.8. The van der Waals surface area contributed by atoms with Gasteiger partial charge in [0.2, 0.25) is 0 Å². The van der Waals surface area contributed by atoms with Crippen LogP contribution in [0.25, 0.3) is 10.9 Å². The Morgan fingerprint density at radius 3 is 2.94 bits per heavy atom. The van der Waals surface area contributed by atoms with Crippen molar-refractivity contribution < 1.29 is 9.90 Å². The van der Waals surface area contributed by atoms with Gasteiger partial charge in [0.25, 0.3) is 0 Å². The molecule has 0 unspecified atom stereocenters. The minimum absolute atomic E-state index is 0.00727. The summed E-state index contributed by atoms with van der Waals surface area (Å²) in [6.07, 6.45) is 1.89. The lowest BCUT2D eigenvalue weighted by Crippen LogP contribution is -2.01. The number of aliphatic carboxylic acids is 1. The van der Waals surface area contributed by atoms with Gasteiger partial charge >= 0.3 is 5.97 Å². The van der Waals surface area contributed by atoms with E-state index in [4.69, 9.17) is 5.11 Å². The van der Waals surface area contributed by atoms with Crippen molar-refractivity contribution in [1.82, 2.24) is 9.78 Å². The number of aryl methyl sites for hydroxylation is 1. The number of nitrogens with zero attached hydrogens (tertiary/aromatic N) is 2. The first-order valence-corrected chi connectivity index (χ1v) is 5.77. The number of hydrogen-bond donors (Lipinski definition) is 1. The average molecular weight is 283 g/mol. The van der Waals surface area contributed by atoms with Crippen LogP contribution in [0.5, 0.6) is 0 Å². The molecule has 0 bridgehead atoms. The van der Waals surface area contributed by atoms with Gasteiger partial charge in [0, 0.05) is 22.6 Å². The molecule has 0 amide bonds. The molecular weight excluding hydrogens is 272 g/mol. The van der Waals surface area contributed by atoms with Gasteiger partial charge in [-0.2, -0.15) is 5.10 Å². The summed E-state index contributed by atoms with van der Waals surface area (Å²) in [6, 6.07) is 3.73. The first-order chi connectivity index (χ1) is 7.61. The minimum atomic E-state index is -0.836. The van der Waals surface area contributed by atoms with Crippen LogP contribution in [0.3, 0.4) is 0 Å². The number of aromatic nitrogens is 2. The highest BCUT2D eigenvalue weighted by Gasteiger charge is 2.12. The largest absolute Gasteiger partial charge is 0.481 e. The fourth-order valence-electron chi connectivity index (χ4n) is 1.67. The fraction of sp³-hybridized carbons (Fsp3) is 0.273. The summed E-state index contributed by atoms with van der Waals surface area (Å²) < 4.78 is 2.63. The van der Waals surface area contributed by atoms with Crippen LogP contribution < -0.4 is 0 Å². The molecule has 0 aliphatic carbocycles. The van der Waals surface area contributed by atoms with Gasteiger partial charge in [-0.25, -0.2) is 0 Å². The van der Waals surface area contributed by atoms with Crippen LogP contribution in [0.15, 0.2) is 22.8 Å². The smallest absolute Gasteiger partial charge is 0.307 e. The lowest BCUT2D eigenvalue weighted by Gasteiger charge is -2.01. The maximum absolute atomic E-state index is 10.8. The Kier molecular flexibility index (Phi) is 2.96. The molecule has 2 rings (SSSR count). The third-order valence-corrected chi connectivity index (χ3v) is 3.19. The third kappa shape index (κ3) is 1.95. The van der Waals surface area contributed by atoms with Crippen LogP contribution in [0.4, 0.5) is 0 Å². The zero-order chi connectivity index (χ0) is 11.7. The number of hydrogen-bond acceptors (Lipinski definition) is 2.